The molecule has 0 radical (unpaired) electrons. The van der Waals surface area contributed by atoms with Crippen molar-refractivity contribution in [1.82, 2.24) is 4.90 Å². The van der Waals surface area contributed by atoms with Crippen molar-refractivity contribution in [1.29, 1.82) is 0 Å². The van der Waals surface area contributed by atoms with E-state index in [0.29, 0.717) is 5.02 Å². The molecule has 1 fully saturated rings. The molecule has 1 aliphatic heterocycles. The Bertz CT molecular complexity index is 417. The largest absolute Gasteiger partial charge is 0.389 e. The van der Waals surface area contributed by atoms with E-state index in [1.54, 1.807) is 6.92 Å². The lowest BCUT2D eigenvalue weighted by Gasteiger charge is -2.24. The molecule has 1 aliphatic rings. The lowest BCUT2D eigenvalue weighted by Crippen LogP contribution is -2.31. The van der Waals surface area contributed by atoms with Gasteiger partial charge in [-0.05, 0) is 50.6 Å². The first-order valence-corrected chi connectivity index (χ1v) is 7.36. The van der Waals surface area contributed by atoms with E-state index < -0.39 is 6.10 Å². The first kappa shape index (κ1) is 14.6. The highest BCUT2D eigenvalue weighted by molar-refractivity contribution is 6.33. The molecule has 3 nitrogen and oxygen atoms in total. The highest BCUT2D eigenvalue weighted by atomic mass is 35.5. The third-order valence-electron chi connectivity index (χ3n) is 3.82. The fourth-order valence-corrected chi connectivity index (χ4v) is 2.84. The molecule has 0 spiro atoms. The minimum atomic E-state index is -0.471. The van der Waals surface area contributed by atoms with Crippen molar-refractivity contribution in [3.63, 3.8) is 0 Å². The fourth-order valence-electron chi connectivity index (χ4n) is 2.51. The zero-order valence-corrected chi connectivity index (χ0v) is 12.5. The van der Waals surface area contributed by atoms with Crippen LogP contribution in [-0.2, 0) is 0 Å². The van der Waals surface area contributed by atoms with Crippen LogP contribution >= 0.6 is 11.6 Å². The molecule has 1 aromatic carbocycles. The van der Waals surface area contributed by atoms with Gasteiger partial charge in [0.2, 0.25) is 0 Å². The SMILES string of the molecule is CC(O)c1ccc(N(C)CCN2CCCC2)c(Cl)c1. The molecule has 19 heavy (non-hydrogen) atoms. The first-order chi connectivity index (χ1) is 9.08. The van der Waals surface area contributed by atoms with Crippen molar-refractivity contribution in [3.05, 3.63) is 28.8 Å². The highest BCUT2D eigenvalue weighted by Gasteiger charge is 2.13. The third-order valence-corrected chi connectivity index (χ3v) is 4.12. The molecule has 1 saturated heterocycles. The van der Waals surface area contributed by atoms with E-state index in [4.69, 9.17) is 11.6 Å². The Morgan fingerprint density at radius 3 is 2.63 bits per heavy atom. The maximum atomic E-state index is 9.55. The molecule has 1 heterocycles. The molecular formula is C15H23ClN2O. The number of aliphatic hydroxyl groups is 1. The van der Waals surface area contributed by atoms with Crippen molar-refractivity contribution in [2.75, 3.05) is 38.1 Å². The van der Waals surface area contributed by atoms with E-state index in [-0.39, 0.29) is 0 Å². The smallest absolute Gasteiger partial charge is 0.0762 e. The van der Waals surface area contributed by atoms with Crippen molar-refractivity contribution >= 4 is 17.3 Å². The number of hydrogen-bond donors (Lipinski definition) is 1. The van der Waals surface area contributed by atoms with Gasteiger partial charge >= 0.3 is 0 Å². The summed E-state index contributed by atoms with van der Waals surface area (Å²) < 4.78 is 0. The summed E-state index contributed by atoms with van der Waals surface area (Å²) in [5.74, 6) is 0. The molecule has 1 N–H and O–H groups in total. The summed E-state index contributed by atoms with van der Waals surface area (Å²) in [6.45, 7) is 6.27. The Morgan fingerprint density at radius 2 is 2.05 bits per heavy atom. The van der Waals surface area contributed by atoms with E-state index in [9.17, 15) is 5.11 Å². The monoisotopic (exact) mass is 282 g/mol. The summed E-state index contributed by atoms with van der Waals surface area (Å²) in [5.41, 5.74) is 1.90. The summed E-state index contributed by atoms with van der Waals surface area (Å²) in [6.07, 6.45) is 2.18. The molecule has 1 aromatic rings. The molecule has 0 saturated carbocycles. The Balaban J connectivity index is 1.96. The number of halogens is 1. The number of aliphatic hydroxyl groups excluding tert-OH is 1. The van der Waals surface area contributed by atoms with Crippen LogP contribution in [0.3, 0.4) is 0 Å². The fraction of sp³-hybridized carbons (Fsp3) is 0.600. The van der Waals surface area contributed by atoms with Gasteiger partial charge in [-0.2, -0.15) is 0 Å². The highest BCUT2D eigenvalue weighted by Crippen LogP contribution is 2.28. The zero-order chi connectivity index (χ0) is 13.8. The van der Waals surface area contributed by atoms with Gasteiger partial charge in [0, 0.05) is 20.1 Å². The van der Waals surface area contributed by atoms with E-state index >= 15 is 0 Å². The summed E-state index contributed by atoms with van der Waals surface area (Å²) in [7, 11) is 2.07. The minimum absolute atomic E-state index is 0.471. The molecule has 4 heteroatoms. The van der Waals surface area contributed by atoms with Gasteiger partial charge in [-0.15, -0.1) is 0 Å². The molecule has 2 rings (SSSR count). The average Bonchev–Trinajstić information content (AvgIpc) is 2.88. The van der Waals surface area contributed by atoms with Crippen LogP contribution in [0.15, 0.2) is 18.2 Å². The van der Waals surface area contributed by atoms with Crippen LogP contribution < -0.4 is 4.90 Å². The minimum Gasteiger partial charge on any atom is -0.389 e. The molecule has 0 aromatic heterocycles. The number of likely N-dealkylation sites (N-methyl/N-ethyl adjacent to an activating group) is 1. The van der Waals surface area contributed by atoms with Crippen molar-refractivity contribution in [3.8, 4) is 0 Å². The van der Waals surface area contributed by atoms with Crippen LogP contribution in [0.1, 0.15) is 31.4 Å². The molecule has 1 atom stereocenters. The number of hydrogen-bond acceptors (Lipinski definition) is 3. The third kappa shape index (κ3) is 3.85. The molecule has 1 unspecified atom stereocenters. The van der Waals surface area contributed by atoms with Crippen molar-refractivity contribution in [2.45, 2.75) is 25.9 Å². The van der Waals surface area contributed by atoms with Gasteiger partial charge in [0.1, 0.15) is 0 Å². The van der Waals surface area contributed by atoms with Crippen molar-refractivity contribution in [2.24, 2.45) is 0 Å². The Morgan fingerprint density at radius 1 is 1.37 bits per heavy atom. The lowest BCUT2D eigenvalue weighted by atomic mass is 10.1. The van der Waals surface area contributed by atoms with Crippen molar-refractivity contribution < 1.29 is 5.11 Å². The van der Waals surface area contributed by atoms with Crippen LogP contribution in [0.5, 0.6) is 0 Å². The summed E-state index contributed by atoms with van der Waals surface area (Å²) in [5, 5.41) is 10.3. The van der Waals surface area contributed by atoms with Gasteiger partial charge in [-0.1, -0.05) is 17.7 Å². The molecule has 0 aliphatic carbocycles. The maximum absolute atomic E-state index is 9.55. The number of rotatable bonds is 5. The standard InChI is InChI=1S/C15H23ClN2O/c1-12(19)13-5-6-15(14(16)11-13)17(2)9-10-18-7-3-4-8-18/h5-6,11-12,19H,3-4,7-10H2,1-2H3. The second-order valence-electron chi connectivity index (χ2n) is 5.36. The van der Waals surface area contributed by atoms with Crippen LogP contribution in [0, 0.1) is 0 Å². The van der Waals surface area contributed by atoms with E-state index in [0.717, 1.165) is 24.3 Å². The Labute approximate surface area is 120 Å². The Kier molecular flexibility index (Phi) is 5.08. The van der Waals surface area contributed by atoms with Crippen LogP contribution in [0.25, 0.3) is 0 Å². The van der Waals surface area contributed by atoms with E-state index in [2.05, 4.69) is 16.8 Å². The topological polar surface area (TPSA) is 26.7 Å². The number of benzene rings is 1. The number of nitrogens with zero attached hydrogens (tertiary/aromatic N) is 2. The van der Waals surface area contributed by atoms with Gasteiger partial charge < -0.3 is 14.9 Å². The quantitative estimate of drug-likeness (QED) is 0.900. The maximum Gasteiger partial charge on any atom is 0.0762 e. The van der Waals surface area contributed by atoms with E-state index in [1.165, 1.54) is 25.9 Å². The molecular weight excluding hydrogens is 260 g/mol. The van der Waals surface area contributed by atoms with Crippen LogP contribution in [0.2, 0.25) is 5.02 Å². The first-order valence-electron chi connectivity index (χ1n) is 6.99. The van der Waals surface area contributed by atoms with Gasteiger partial charge in [0.15, 0.2) is 0 Å². The normalized spacial score (nSPS) is 17.7. The Hall–Kier alpha value is -0.770. The van der Waals surface area contributed by atoms with Gasteiger partial charge in [0.25, 0.3) is 0 Å². The zero-order valence-electron chi connectivity index (χ0n) is 11.8. The van der Waals surface area contributed by atoms with Crippen LogP contribution in [0.4, 0.5) is 5.69 Å². The molecule has 0 bridgehead atoms. The van der Waals surface area contributed by atoms with Gasteiger partial charge in [-0.25, -0.2) is 0 Å². The molecule has 106 valence electrons. The molecule has 0 amide bonds. The predicted octanol–water partition coefficient (Wildman–Crippen LogP) is 2.93. The van der Waals surface area contributed by atoms with E-state index in [1.807, 2.05) is 18.2 Å². The van der Waals surface area contributed by atoms with Crippen LogP contribution in [-0.4, -0.2) is 43.2 Å². The average molecular weight is 283 g/mol. The summed E-state index contributed by atoms with van der Waals surface area (Å²) >= 11 is 6.30. The van der Waals surface area contributed by atoms with Gasteiger partial charge in [0.05, 0.1) is 16.8 Å². The summed E-state index contributed by atoms with van der Waals surface area (Å²) in [4.78, 5) is 4.68. The summed E-state index contributed by atoms with van der Waals surface area (Å²) in [6, 6.07) is 5.79. The second-order valence-corrected chi connectivity index (χ2v) is 5.76. The number of anilines is 1. The van der Waals surface area contributed by atoms with Gasteiger partial charge in [-0.3, -0.25) is 0 Å². The lowest BCUT2D eigenvalue weighted by molar-refractivity contribution is 0.199. The number of likely N-dealkylation sites (tertiary alicyclic amines) is 1. The predicted molar refractivity (Wildman–Crippen MR) is 81.0 cm³/mol. The second kappa shape index (κ2) is 6.60.